The first kappa shape index (κ1) is 24.6. The third kappa shape index (κ3) is 5.29. The van der Waals surface area contributed by atoms with Crippen LogP contribution in [0.5, 0.6) is 0 Å². The molecule has 1 aromatic carbocycles. The Balaban J connectivity index is 1.73. The number of aromatic nitrogens is 2. The predicted octanol–water partition coefficient (Wildman–Crippen LogP) is 2.69. The number of morpholine rings is 1. The van der Waals surface area contributed by atoms with Gasteiger partial charge in [0.15, 0.2) is 5.82 Å². The third-order valence-corrected chi connectivity index (χ3v) is 6.14. The second-order valence-corrected chi connectivity index (χ2v) is 8.94. The Labute approximate surface area is 204 Å². The maximum absolute atomic E-state index is 15.2. The number of amides is 4. The largest absolute Gasteiger partial charge is 0.377 e. The molecule has 11 heteroatoms. The minimum atomic E-state index is -0.544. The Morgan fingerprint density at radius 2 is 2.06 bits per heavy atom. The number of hydrogen-bond donors (Lipinski definition) is 2. The van der Waals surface area contributed by atoms with E-state index < -0.39 is 11.8 Å². The summed E-state index contributed by atoms with van der Waals surface area (Å²) in [5.74, 6) is 0.470. The van der Waals surface area contributed by atoms with E-state index in [1.54, 1.807) is 38.1 Å². The molecule has 0 spiro atoms. The van der Waals surface area contributed by atoms with Gasteiger partial charge in [0.05, 0.1) is 37.1 Å². The van der Waals surface area contributed by atoms with Crippen molar-refractivity contribution < 1.29 is 18.7 Å². The molecule has 0 aliphatic carbocycles. The van der Waals surface area contributed by atoms with E-state index in [0.717, 1.165) is 11.4 Å². The van der Waals surface area contributed by atoms with E-state index in [0.29, 0.717) is 57.2 Å². The molecule has 0 saturated carbocycles. The van der Waals surface area contributed by atoms with Gasteiger partial charge in [0, 0.05) is 45.0 Å². The van der Waals surface area contributed by atoms with Crippen LogP contribution in [0.4, 0.5) is 25.5 Å². The van der Waals surface area contributed by atoms with Crippen LogP contribution in [0.3, 0.4) is 0 Å². The summed E-state index contributed by atoms with van der Waals surface area (Å²) >= 11 is 0. The van der Waals surface area contributed by atoms with E-state index in [-0.39, 0.29) is 23.5 Å². The normalized spacial score (nSPS) is 17.6. The summed E-state index contributed by atoms with van der Waals surface area (Å²) in [6.45, 7) is 7.05. The second-order valence-electron chi connectivity index (χ2n) is 8.94. The molecule has 2 aliphatic heterocycles. The van der Waals surface area contributed by atoms with Crippen molar-refractivity contribution in [3.8, 4) is 11.4 Å². The number of halogens is 1. The van der Waals surface area contributed by atoms with Gasteiger partial charge in [-0.2, -0.15) is 0 Å². The fourth-order valence-electron chi connectivity index (χ4n) is 4.37. The summed E-state index contributed by atoms with van der Waals surface area (Å²) < 4.78 is 20.8. The van der Waals surface area contributed by atoms with Crippen LogP contribution in [0.15, 0.2) is 18.2 Å². The van der Waals surface area contributed by atoms with Crippen molar-refractivity contribution in [2.24, 2.45) is 0 Å². The monoisotopic (exact) mass is 485 g/mol. The fraction of sp³-hybridized carbons (Fsp3) is 0.500. The van der Waals surface area contributed by atoms with E-state index in [9.17, 15) is 9.59 Å². The number of nitrogens with one attached hydrogen (secondary N) is 2. The highest BCUT2D eigenvalue weighted by atomic mass is 19.1. The van der Waals surface area contributed by atoms with E-state index in [1.807, 2.05) is 0 Å². The van der Waals surface area contributed by atoms with Gasteiger partial charge in [0.2, 0.25) is 0 Å². The number of carbonyl (C=O) groups is 2. The van der Waals surface area contributed by atoms with Crippen LogP contribution in [0.25, 0.3) is 11.4 Å². The highest BCUT2D eigenvalue weighted by molar-refractivity contribution is 5.89. The van der Waals surface area contributed by atoms with Crippen LogP contribution in [-0.2, 0) is 17.7 Å². The van der Waals surface area contributed by atoms with E-state index in [1.165, 1.54) is 11.0 Å². The zero-order chi connectivity index (χ0) is 25.1. The topological polar surface area (TPSA) is 103 Å². The van der Waals surface area contributed by atoms with Gasteiger partial charge in [0.25, 0.3) is 0 Å². The maximum Gasteiger partial charge on any atom is 0.319 e. The Morgan fingerprint density at radius 1 is 1.26 bits per heavy atom. The first-order valence-electron chi connectivity index (χ1n) is 11.8. The summed E-state index contributed by atoms with van der Waals surface area (Å²) in [6.07, 6.45) is 0.618. The van der Waals surface area contributed by atoms with E-state index in [2.05, 4.69) is 22.5 Å². The summed E-state index contributed by atoms with van der Waals surface area (Å²) in [4.78, 5) is 39.4. The highest BCUT2D eigenvalue weighted by Crippen LogP contribution is 2.32. The Kier molecular flexibility index (Phi) is 7.34. The zero-order valence-electron chi connectivity index (χ0n) is 20.6. The molecule has 35 heavy (non-hydrogen) atoms. The molecular weight excluding hydrogens is 453 g/mol. The highest BCUT2D eigenvalue weighted by Gasteiger charge is 2.31. The van der Waals surface area contributed by atoms with Crippen molar-refractivity contribution in [2.45, 2.75) is 32.9 Å². The van der Waals surface area contributed by atoms with Crippen LogP contribution in [0, 0.1) is 5.82 Å². The molecule has 4 amide bonds. The summed E-state index contributed by atoms with van der Waals surface area (Å²) in [6, 6.07) is 4.05. The maximum atomic E-state index is 15.2. The van der Waals surface area contributed by atoms with Crippen LogP contribution < -0.4 is 15.5 Å². The summed E-state index contributed by atoms with van der Waals surface area (Å²) in [5.41, 5.74) is 2.27. The van der Waals surface area contributed by atoms with Crippen molar-refractivity contribution in [2.75, 3.05) is 57.2 Å². The molecule has 2 aliphatic rings. The smallest absolute Gasteiger partial charge is 0.319 e. The number of fused-ring (bicyclic) bond motifs is 1. The van der Waals surface area contributed by atoms with Gasteiger partial charge in [-0.3, -0.25) is 0 Å². The molecule has 2 aromatic rings. The van der Waals surface area contributed by atoms with Crippen molar-refractivity contribution in [3.63, 3.8) is 0 Å². The average Bonchev–Trinajstić information content (AvgIpc) is 2.83. The fourth-order valence-corrected chi connectivity index (χ4v) is 4.37. The molecule has 2 N–H and O–H groups in total. The first-order chi connectivity index (χ1) is 16.8. The number of urea groups is 2. The van der Waals surface area contributed by atoms with Gasteiger partial charge < -0.3 is 30.1 Å². The average molecular weight is 486 g/mol. The number of rotatable bonds is 4. The SMILES string of the molecule is CCNC(=O)Nc1ccc(-c2nc3c(c(N4CCOC[C@@H]4C)n2)CCN(C(=O)N(C)C)C3)c(F)c1. The molecule has 1 aromatic heterocycles. The molecule has 0 bridgehead atoms. The molecule has 0 radical (unpaired) electrons. The molecular formula is C24H32FN7O3. The minimum Gasteiger partial charge on any atom is -0.377 e. The Hall–Kier alpha value is -3.47. The quantitative estimate of drug-likeness (QED) is 0.690. The van der Waals surface area contributed by atoms with Crippen LogP contribution in [0.2, 0.25) is 0 Å². The van der Waals surface area contributed by atoms with Gasteiger partial charge in [-0.15, -0.1) is 0 Å². The second kappa shape index (κ2) is 10.4. The van der Waals surface area contributed by atoms with Crippen LogP contribution in [0.1, 0.15) is 25.1 Å². The molecule has 188 valence electrons. The van der Waals surface area contributed by atoms with Crippen LogP contribution in [-0.4, -0.2) is 84.8 Å². The minimum absolute atomic E-state index is 0.0935. The number of carbonyl (C=O) groups excluding carboxylic acids is 2. The van der Waals surface area contributed by atoms with Crippen molar-refractivity contribution in [1.82, 2.24) is 25.1 Å². The summed E-state index contributed by atoms with van der Waals surface area (Å²) in [7, 11) is 3.44. The Morgan fingerprint density at radius 3 is 2.74 bits per heavy atom. The first-order valence-corrected chi connectivity index (χ1v) is 11.8. The lowest BCUT2D eigenvalue weighted by atomic mass is 10.0. The lowest BCUT2D eigenvalue weighted by Gasteiger charge is -2.38. The van der Waals surface area contributed by atoms with E-state index in [4.69, 9.17) is 14.7 Å². The molecule has 1 saturated heterocycles. The van der Waals surface area contributed by atoms with Gasteiger partial charge in [-0.25, -0.2) is 23.9 Å². The third-order valence-electron chi connectivity index (χ3n) is 6.14. The lowest BCUT2D eigenvalue weighted by Crippen LogP contribution is -2.46. The molecule has 4 rings (SSSR count). The van der Waals surface area contributed by atoms with Gasteiger partial charge in [-0.05, 0) is 38.5 Å². The molecule has 1 atom stereocenters. The molecule has 1 fully saturated rings. The standard InChI is InChI=1S/C24H32FN7O3/c1-5-26-23(33)27-16-6-7-17(19(25)12-16)21-28-20-13-31(24(34)30(3)4)9-8-18(20)22(29-21)32-10-11-35-14-15(32)2/h6-7,12,15H,5,8-11,13-14H2,1-4H3,(H2,26,27,33)/t15-/m0/s1. The lowest BCUT2D eigenvalue weighted by molar-refractivity contribution is 0.0983. The number of benzene rings is 1. The van der Waals surface area contributed by atoms with Crippen molar-refractivity contribution in [1.29, 1.82) is 0 Å². The van der Waals surface area contributed by atoms with Crippen molar-refractivity contribution >= 4 is 23.6 Å². The zero-order valence-corrected chi connectivity index (χ0v) is 20.6. The number of nitrogens with zero attached hydrogens (tertiary/aromatic N) is 5. The van der Waals surface area contributed by atoms with Gasteiger partial charge in [0.1, 0.15) is 11.6 Å². The van der Waals surface area contributed by atoms with E-state index >= 15 is 4.39 Å². The van der Waals surface area contributed by atoms with Crippen LogP contribution >= 0.6 is 0 Å². The summed E-state index contributed by atoms with van der Waals surface area (Å²) in [5, 5.41) is 5.22. The Bertz CT molecular complexity index is 1110. The number of anilines is 2. The van der Waals surface area contributed by atoms with Gasteiger partial charge in [-0.1, -0.05) is 0 Å². The molecule has 0 unspecified atom stereocenters. The predicted molar refractivity (Wildman–Crippen MR) is 131 cm³/mol. The van der Waals surface area contributed by atoms with Gasteiger partial charge >= 0.3 is 12.1 Å². The molecule has 10 nitrogen and oxygen atoms in total. The molecule has 3 heterocycles. The van der Waals surface area contributed by atoms with Crippen molar-refractivity contribution in [3.05, 3.63) is 35.3 Å². The number of ether oxygens (including phenoxy) is 1. The number of hydrogen-bond acceptors (Lipinski definition) is 6.